The largest absolute Gasteiger partial charge is 0.457 e. The summed E-state index contributed by atoms with van der Waals surface area (Å²) in [6.07, 6.45) is 0.922. The lowest BCUT2D eigenvalue weighted by Crippen LogP contribution is -2.08. The predicted molar refractivity (Wildman–Crippen MR) is 89.0 cm³/mol. The van der Waals surface area contributed by atoms with Gasteiger partial charge in [0.15, 0.2) is 0 Å². The average Bonchev–Trinajstić information content (AvgIpc) is 2.48. The topological polar surface area (TPSA) is 35.2 Å². The van der Waals surface area contributed by atoms with E-state index in [4.69, 9.17) is 10.5 Å². The zero-order valence-electron chi connectivity index (χ0n) is 13.4. The molecule has 2 nitrogen and oxygen atoms in total. The minimum absolute atomic E-state index is 0.0663. The number of rotatable bonds is 5. The zero-order chi connectivity index (χ0) is 15.4. The van der Waals surface area contributed by atoms with Crippen molar-refractivity contribution in [2.45, 2.75) is 46.1 Å². The molecule has 0 bridgehead atoms. The van der Waals surface area contributed by atoms with E-state index in [1.54, 1.807) is 0 Å². The van der Waals surface area contributed by atoms with Crippen molar-refractivity contribution >= 4 is 0 Å². The first-order valence-corrected chi connectivity index (χ1v) is 7.65. The average molecular weight is 283 g/mol. The minimum atomic E-state index is 0.0663. The number of ether oxygens (including phenoxy) is 1. The summed E-state index contributed by atoms with van der Waals surface area (Å²) in [5.41, 5.74) is 9.64. The molecule has 1 unspecified atom stereocenters. The molecule has 0 amide bonds. The molecule has 0 saturated carbocycles. The highest BCUT2D eigenvalue weighted by Crippen LogP contribution is 2.30. The van der Waals surface area contributed by atoms with Gasteiger partial charge < -0.3 is 10.5 Å². The minimum Gasteiger partial charge on any atom is -0.457 e. The number of aryl methyl sites for hydroxylation is 1. The molecule has 0 saturated heterocycles. The van der Waals surface area contributed by atoms with E-state index < -0.39 is 0 Å². The van der Waals surface area contributed by atoms with Crippen molar-refractivity contribution in [1.82, 2.24) is 0 Å². The van der Waals surface area contributed by atoms with E-state index in [0.717, 1.165) is 29.0 Å². The first-order valence-electron chi connectivity index (χ1n) is 7.65. The first-order chi connectivity index (χ1) is 10.0. The van der Waals surface area contributed by atoms with E-state index in [2.05, 4.69) is 52.0 Å². The van der Waals surface area contributed by atoms with Crippen molar-refractivity contribution in [2.75, 3.05) is 0 Å². The van der Waals surface area contributed by atoms with Crippen LogP contribution in [0.5, 0.6) is 11.5 Å². The Morgan fingerprint density at radius 3 is 2.48 bits per heavy atom. The van der Waals surface area contributed by atoms with Gasteiger partial charge in [-0.05, 0) is 54.2 Å². The Labute approximate surface area is 127 Å². The van der Waals surface area contributed by atoms with Gasteiger partial charge in [0, 0.05) is 6.04 Å². The molecule has 0 aliphatic heterocycles. The molecule has 0 heterocycles. The summed E-state index contributed by atoms with van der Waals surface area (Å²) in [5.74, 6) is 2.26. The molecule has 1 atom stereocenters. The number of hydrogen-bond donors (Lipinski definition) is 1. The molecule has 2 aromatic carbocycles. The molecule has 2 N–H and O–H groups in total. The van der Waals surface area contributed by atoms with Crippen molar-refractivity contribution < 1.29 is 4.74 Å². The van der Waals surface area contributed by atoms with E-state index in [0.29, 0.717) is 5.92 Å². The lowest BCUT2D eigenvalue weighted by molar-refractivity contribution is 0.476. The zero-order valence-corrected chi connectivity index (χ0v) is 13.4. The lowest BCUT2D eigenvalue weighted by atomic mass is 10.0. The molecular weight excluding hydrogens is 258 g/mol. The molecule has 0 spiro atoms. The van der Waals surface area contributed by atoms with Gasteiger partial charge in [0.05, 0.1) is 0 Å². The molecule has 2 aromatic rings. The summed E-state index contributed by atoms with van der Waals surface area (Å²) in [6.45, 7) is 8.54. The van der Waals surface area contributed by atoms with Crippen LogP contribution in [0, 0.1) is 6.92 Å². The monoisotopic (exact) mass is 283 g/mol. The van der Waals surface area contributed by atoms with Crippen LogP contribution in [-0.4, -0.2) is 0 Å². The van der Waals surface area contributed by atoms with Crippen LogP contribution in [0.4, 0.5) is 0 Å². The van der Waals surface area contributed by atoms with Gasteiger partial charge in [-0.15, -0.1) is 0 Å². The Kier molecular flexibility index (Phi) is 5.03. The maximum absolute atomic E-state index is 6.09. The molecule has 112 valence electrons. The van der Waals surface area contributed by atoms with Crippen LogP contribution in [-0.2, 0) is 0 Å². The van der Waals surface area contributed by atoms with Gasteiger partial charge in [0.25, 0.3) is 0 Å². The maximum atomic E-state index is 6.09. The molecule has 0 radical (unpaired) electrons. The van der Waals surface area contributed by atoms with Gasteiger partial charge in [-0.2, -0.15) is 0 Å². The first kappa shape index (κ1) is 15.6. The molecular formula is C19H25NO. The number of nitrogens with two attached hydrogens (primary N) is 1. The van der Waals surface area contributed by atoms with Gasteiger partial charge in [-0.1, -0.05) is 45.0 Å². The van der Waals surface area contributed by atoms with Crippen LogP contribution in [0.1, 0.15) is 55.8 Å². The smallest absolute Gasteiger partial charge is 0.130 e. The van der Waals surface area contributed by atoms with Crippen molar-refractivity contribution in [3.63, 3.8) is 0 Å². The van der Waals surface area contributed by atoms with Gasteiger partial charge in [-0.25, -0.2) is 0 Å². The summed E-state index contributed by atoms with van der Waals surface area (Å²) in [7, 11) is 0. The Balaban J connectivity index is 2.27. The molecule has 21 heavy (non-hydrogen) atoms. The van der Waals surface area contributed by atoms with Gasteiger partial charge in [0.1, 0.15) is 11.5 Å². The van der Waals surface area contributed by atoms with Gasteiger partial charge >= 0.3 is 0 Å². The molecule has 0 aliphatic carbocycles. The summed E-state index contributed by atoms with van der Waals surface area (Å²) < 4.78 is 6.08. The van der Waals surface area contributed by atoms with Crippen LogP contribution in [0.25, 0.3) is 0 Å². The van der Waals surface area contributed by atoms with Crippen LogP contribution >= 0.6 is 0 Å². The van der Waals surface area contributed by atoms with E-state index in [1.165, 1.54) is 5.56 Å². The molecule has 0 fully saturated rings. The van der Waals surface area contributed by atoms with Crippen LogP contribution in [0.2, 0.25) is 0 Å². The highest BCUT2D eigenvalue weighted by Gasteiger charge is 2.08. The second-order valence-electron chi connectivity index (χ2n) is 5.87. The van der Waals surface area contributed by atoms with E-state index in [-0.39, 0.29) is 6.04 Å². The standard InChI is InChI=1S/C19H25NO/c1-5-18(20)16-7-6-8-17(11-16)21-19-12-15(13(2)3)10-9-14(19)4/h6-13,18H,5,20H2,1-4H3. The molecule has 0 aliphatic rings. The third kappa shape index (κ3) is 3.85. The van der Waals surface area contributed by atoms with Crippen LogP contribution < -0.4 is 10.5 Å². The molecule has 2 heteroatoms. The van der Waals surface area contributed by atoms with Crippen LogP contribution in [0.3, 0.4) is 0 Å². The van der Waals surface area contributed by atoms with Crippen LogP contribution in [0.15, 0.2) is 42.5 Å². The maximum Gasteiger partial charge on any atom is 0.130 e. The second kappa shape index (κ2) is 6.77. The van der Waals surface area contributed by atoms with E-state index in [9.17, 15) is 0 Å². The molecule has 0 aromatic heterocycles. The summed E-state index contributed by atoms with van der Waals surface area (Å²) in [5, 5.41) is 0. The lowest BCUT2D eigenvalue weighted by Gasteiger charge is -2.14. The third-order valence-corrected chi connectivity index (χ3v) is 3.83. The predicted octanol–water partition coefficient (Wildman–Crippen LogP) is 5.32. The highest BCUT2D eigenvalue weighted by atomic mass is 16.5. The normalized spacial score (nSPS) is 12.5. The van der Waals surface area contributed by atoms with Gasteiger partial charge in [-0.3, -0.25) is 0 Å². The fourth-order valence-electron chi connectivity index (χ4n) is 2.26. The van der Waals surface area contributed by atoms with E-state index in [1.807, 2.05) is 18.2 Å². The van der Waals surface area contributed by atoms with Crippen molar-refractivity contribution in [2.24, 2.45) is 5.73 Å². The number of benzene rings is 2. The summed E-state index contributed by atoms with van der Waals surface area (Å²) in [4.78, 5) is 0. The van der Waals surface area contributed by atoms with Crippen molar-refractivity contribution in [1.29, 1.82) is 0 Å². The fourth-order valence-corrected chi connectivity index (χ4v) is 2.26. The highest BCUT2D eigenvalue weighted by molar-refractivity contribution is 5.42. The number of hydrogen-bond acceptors (Lipinski definition) is 2. The van der Waals surface area contributed by atoms with Crippen molar-refractivity contribution in [3.05, 3.63) is 59.2 Å². The fraction of sp³-hybridized carbons (Fsp3) is 0.368. The second-order valence-corrected chi connectivity index (χ2v) is 5.87. The SMILES string of the molecule is CCC(N)c1cccc(Oc2cc(C(C)C)ccc2C)c1. The Bertz CT molecular complexity index is 604. The Morgan fingerprint density at radius 2 is 1.81 bits per heavy atom. The molecule has 2 rings (SSSR count). The Morgan fingerprint density at radius 1 is 1.05 bits per heavy atom. The Hall–Kier alpha value is -1.80. The van der Waals surface area contributed by atoms with Gasteiger partial charge in [0.2, 0.25) is 0 Å². The van der Waals surface area contributed by atoms with E-state index >= 15 is 0 Å². The quantitative estimate of drug-likeness (QED) is 0.806. The van der Waals surface area contributed by atoms with Crippen molar-refractivity contribution in [3.8, 4) is 11.5 Å². The third-order valence-electron chi connectivity index (χ3n) is 3.83. The summed E-state index contributed by atoms with van der Waals surface area (Å²) >= 11 is 0. The summed E-state index contributed by atoms with van der Waals surface area (Å²) in [6, 6.07) is 14.6.